The van der Waals surface area contributed by atoms with Crippen molar-refractivity contribution in [1.29, 1.82) is 0 Å². The average molecular weight is 561 g/mol. The summed E-state index contributed by atoms with van der Waals surface area (Å²) in [5, 5.41) is 4.56. The summed E-state index contributed by atoms with van der Waals surface area (Å²) >= 11 is 1.68. The van der Waals surface area contributed by atoms with E-state index in [-0.39, 0.29) is 6.10 Å². The van der Waals surface area contributed by atoms with Crippen LogP contribution in [0.2, 0.25) is 0 Å². The van der Waals surface area contributed by atoms with Gasteiger partial charge in [-0.05, 0) is 48.0 Å². The van der Waals surface area contributed by atoms with Crippen LogP contribution in [0.5, 0.6) is 0 Å². The highest BCUT2D eigenvalue weighted by molar-refractivity contribution is 7.97. The van der Waals surface area contributed by atoms with E-state index in [1.807, 2.05) is 6.07 Å². The summed E-state index contributed by atoms with van der Waals surface area (Å²) < 4.78 is 15.0. The Morgan fingerprint density at radius 3 is 2.58 bits per heavy atom. The van der Waals surface area contributed by atoms with Gasteiger partial charge in [0.05, 0.1) is 30.4 Å². The van der Waals surface area contributed by atoms with Gasteiger partial charge in [-0.15, -0.1) is 0 Å². The van der Waals surface area contributed by atoms with Crippen molar-refractivity contribution in [3.63, 3.8) is 0 Å². The van der Waals surface area contributed by atoms with Gasteiger partial charge in [-0.3, -0.25) is 9.62 Å². The second-order valence-electron chi connectivity index (χ2n) is 9.94. The second kappa shape index (κ2) is 14.6. The SMILES string of the molecule is CCCOC(CC)CNc1ncnc2[nH]c(-c3ccc(SNCCN4CCOCC4)cc3)c(-c3ccccc3)c12. The molecule has 4 aromatic rings. The molecule has 3 N–H and O–H groups in total. The van der Waals surface area contributed by atoms with E-state index in [9.17, 15) is 0 Å². The van der Waals surface area contributed by atoms with Crippen molar-refractivity contribution in [3.8, 4) is 22.4 Å². The molecule has 40 heavy (non-hydrogen) atoms. The Bertz CT molecular complexity index is 1330. The van der Waals surface area contributed by atoms with Crippen molar-refractivity contribution in [3.05, 3.63) is 60.9 Å². The van der Waals surface area contributed by atoms with Gasteiger partial charge >= 0.3 is 0 Å². The van der Waals surface area contributed by atoms with E-state index in [4.69, 9.17) is 9.47 Å². The van der Waals surface area contributed by atoms with E-state index >= 15 is 0 Å². The third kappa shape index (κ3) is 7.21. The molecule has 0 radical (unpaired) electrons. The van der Waals surface area contributed by atoms with E-state index in [1.54, 1.807) is 18.3 Å². The normalized spacial score (nSPS) is 14.9. The maximum atomic E-state index is 6.01. The van der Waals surface area contributed by atoms with Crippen LogP contribution in [0.15, 0.2) is 65.8 Å². The number of anilines is 1. The average Bonchev–Trinajstić information content (AvgIpc) is 3.41. The van der Waals surface area contributed by atoms with Crippen LogP contribution in [0.1, 0.15) is 26.7 Å². The number of hydrogen-bond acceptors (Lipinski definition) is 8. The van der Waals surface area contributed by atoms with Gasteiger partial charge in [0.15, 0.2) is 0 Å². The summed E-state index contributed by atoms with van der Waals surface area (Å²) in [5.41, 5.74) is 5.19. The largest absolute Gasteiger partial charge is 0.379 e. The Balaban J connectivity index is 1.36. The monoisotopic (exact) mass is 560 g/mol. The molecule has 1 unspecified atom stereocenters. The topological polar surface area (TPSA) is 87.3 Å². The zero-order valence-corrected chi connectivity index (χ0v) is 24.3. The Morgan fingerprint density at radius 2 is 1.82 bits per heavy atom. The summed E-state index contributed by atoms with van der Waals surface area (Å²) in [6, 6.07) is 19.2. The molecule has 0 aliphatic carbocycles. The molecule has 0 bridgehead atoms. The van der Waals surface area contributed by atoms with E-state index < -0.39 is 0 Å². The summed E-state index contributed by atoms with van der Waals surface area (Å²) in [6.07, 6.45) is 3.71. The Labute approximate surface area is 241 Å². The second-order valence-corrected chi connectivity index (χ2v) is 10.9. The first-order valence-corrected chi connectivity index (χ1v) is 15.2. The lowest BCUT2D eigenvalue weighted by Crippen LogP contribution is -2.39. The van der Waals surface area contributed by atoms with Crippen LogP contribution >= 0.6 is 11.9 Å². The van der Waals surface area contributed by atoms with E-state index in [1.165, 1.54) is 4.90 Å². The van der Waals surface area contributed by atoms with Crippen LogP contribution in [-0.2, 0) is 9.47 Å². The minimum Gasteiger partial charge on any atom is -0.379 e. The molecule has 1 aliphatic rings. The summed E-state index contributed by atoms with van der Waals surface area (Å²) in [4.78, 5) is 16.5. The molecule has 1 aliphatic heterocycles. The number of ether oxygens (including phenoxy) is 2. The number of rotatable bonds is 14. The molecule has 9 heteroatoms. The third-order valence-corrected chi connectivity index (χ3v) is 7.99. The first-order chi connectivity index (χ1) is 19.8. The highest BCUT2D eigenvalue weighted by Crippen LogP contribution is 2.40. The fraction of sp³-hybridized carbons (Fsp3) is 0.419. The fourth-order valence-electron chi connectivity index (χ4n) is 4.94. The zero-order valence-electron chi connectivity index (χ0n) is 23.5. The molecule has 2 aromatic carbocycles. The van der Waals surface area contributed by atoms with Crippen molar-refractivity contribution in [2.45, 2.75) is 37.7 Å². The smallest absolute Gasteiger partial charge is 0.143 e. The number of nitrogens with one attached hydrogen (secondary N) is 3. The number of aromatic amines is 1. The molecule has 0 saturated carbocycles. The van der Waals surface area contributed by atoms with Crippen LogP contribution in [0.3, 0.4) is 0 Å². The van der Waals surface area contributed by atoms with Crippen LogP contribution in [-0.4, -0.2) is 78.5 Å². The highest BCUT2D eigenvalue weighted by atomic mass is 32.2. The lowest BCUT2D eigenvalue weighted by Gasteiger charge is -2.26. The molecule has 1 saturated heterocycles. The van der Waals surface area contributed by atoms with Crippen molar-refractivity contribution in [1.82, 2.24) is 24.6 Å². The van der Waals surface area contributed by atoms with Gasteiger partial charge in [0, 0.05) is 49.8 Å². The Morgan fingerprint density at radius 1 is 1.02 bits per heavy atom. The summed E-state index contributed by atoms with van der Waals surface area (Å²) in [6.45, 7) is 11.4. The molecule has 212 valence electrons. The van der Waals surface area contributed by atoms with E-state index in [2.05, 4.69) is 92.3 Å². The molecule has 1 atom stereocenters. The standard InChI is InChI=1S/C31H40N6O2S/c1-3-18-39-25(4-2)21-32-30-28-27(23-8-6-5-7-9-23)29(36-31(28)34-22-33-30)24-10-12-26(13-11-24)40-35-14-15-37-16-19-38-20-17-37/h5-13,22,25,35H,3-4,14-21H2,1-2H3,(H2,32,33,34,36). The van der Waals surface area contributed by atoms with E-state index in [0.29, 0.717) is 6.54 Å². The molecular weight excluding hydrogens is 520 g/mol. The molecular formula is C31H40N6O2S. The minimum atomic E-state index is 0.135. The first-order valence-electron chi connectivity index (χ1n) is 14.3. The van der Waals surface area contributed by atoms with Gasteiger partial charge in [-0.2, -0.15) is 0 Å². The molecule has 0 spiro atoms. The number of H-pyrrole nitrogens is 1. The summed E-state index contributed by atoms with van der Waals surface area (Å²) in [5.74, 6) is 0.821. The lowest BCUT2D eigenvalue weighted by atomic mass is 9.99. The van der Waals surface area contributed by atoms with Gasteiger partial charge in [0.25, 0.3) is 0 Å². The maximum Gasteiger partial charge on any atom is 0.143 e. The molecule has 2 aromatic heterocycles. The van der Waals surface area contributed by atoms with Crippen LogP contribution in [0.4, 0.5) is 5.82 Å². The predicted molar refractivity (Wildman–Crippen MR) is 165 cm³/mol. The third-order valence-electron chi connectivity index (χ3n) is 7.13. The van der Waals surface area contributed by atoms with Gasteiger partial charge in [-0.1, -0.05) is 56.3 Å². The van der Waals surface area contributed by atoms with Gasteiger partial charge in [-0.25, -0.2) is 9.97 Å². The molecule has 3 heterocycles. The quantitative estimate of drug-likeness (QED) is 0.131. The first kappa shape index (κ1) is 28.6. The Kier molecular flexibility index (Phi) is 10.4. The predicted octanol–water partition coefficient (Wildman–Crippen LogP) is 5.84. The lowest BCUT2D eigenvalue weighted by molar-refractivity contribution is 0.0391. The fourth-order valence-corrected chi connectivity index (χ4v) is 5.57. The molecule has 5 rings (SSSR count). The van der Waals surface area contributed by atoms with Crippen molar-refractivity contribution in [2.75, 3.05) is 57.9 Å². The van der Waals surface area contributed by atoms with Gasteiger partial charge < -0.3 is 19.8 Å². The van der Waals surface area contributed by atoms with E-state index in [0.717, 1.165) is 98.1 Å². The zero-order chi connectivity index (χ0) is 27.6. The van der Waals surface area contributed by atoms with Crippen molar-refractivity contribution >= 4 is 28.8 Å². The number of aromatic nitrogens is 3. The molecule has 8 nitrogen and oxygen atoms in total. The number of morpholine rings is 1. The van der Waals surface area contributed by atoms with Gasteiger partial charge in [0.2, 0.25) is 0 Å². The molecule has 0 amide bonds. The minimum absolute atomic E-state index is 0.135. The van der Waals surface area contributed by atoms with Crippen molar-refractivity contribution < 1.29 is 9.47 Å². The maximum absolute atomic E-state index is 6.01. The number of fused-ring (bicyclic) bond motifs is 1. The molecule has 1 fully saturated rings. The number of nitrogens with zero attached hydrogens (tertiary/aromatic N) is 3. The van der Waals surface area contributed by atoms with Crippen LogP contribution in [0.25, 0.3) is 33.4 Å². The number of hydrogen-bond donors (Lipinski definition) is 3. The Hall–Kier alpha value is -2.95. The van der Waals surface area contributed by atoms with Crippen LogP contribution < -0.4 is 10.0 Å². The van der Waals surface area contributed by atoms with Crippen LogP contribution in [0, 0.1) is 0 Å². The number of benzene rings is 2. The summed E-state index contributed by atoms with van der Waals surface area (Å²) in [7, 11) is 0. The highest BCUT2D eigenvalue weighted by Gasteiger charge is 2.20. The van der Waals surface area contributed by atoms with Crippen molar-refractivity contribution in [2.24, 2.45) is 0 Å². The van der Waals surface area contributed by atoms with Gasteiger partial charge in [0.1, 0.15) is 17.8 Å².